The SMILES string of the molecule is N#CC1CCC=N1. The molecule has 0 aromatic carbocycles. The van der Waals surface area contributed by atoms with Gasteiger partial charge >= 0.3 is 0 Å². The molecule has 0 saturated carbocycles. The van der Waals surface area contributed by atoms with Gasteiger partial charge in [0.25, 0.3) is 0 Å². The lowest BCUT2D eigenvalue weighted by atomic mass is 10.2. The highest BCUT2D eigenvalue weighted by Crippen LogP contribution is 2.04. The van der Waals surface area contributed by atoms with Crippen molar-refractivity contribution in [2.24, 2.45) is 4.99 Å². The van der Waals surface area contributed by atoms with Crippen molar-refractivity contribution in [3.8, 4) is 6.07 Å². The molecule has 0 radical (unpaired) electrons. The lowest BCUT2D eigenvalue weighted by Crippen LogP contribution is -1.90. The Labute approximate surface area is 42.5 Å². The summed E-state index contributed by atoms with van der Waals surface area (Å²) in [4.78, 5) is 3.87. The molecule has 1 aliphatic heterocycles. The van der Waals surface area contributed by atoms with Crippen LogP contribution in [-0.4, -0.2) is 12.3 Å². The van der Waals surface area contributed by atoms with Crippen LogP contribution in [0.2, 0.25) is 0 Å². The Hall–Kier alpha value is -0.840. The Morgan fingerprint density at radius 3 is 3.00 bits per heavy atom. The van der Waals surface area contributed by atoms with E-state index in [1.165, 1.54) is 0 Å². The molecule has 0 aromatic rings. The summed E-state index contributed by atoms with van der Waals surface area (Å²) < 4.78 is 0. The van der Waals surface area contributed by atoms with Crippen LogP contribution in [0.25, 0.3) is 0 Å². The fourth-order valence-electron chi connectivity index (χ4n) is 0.607. The molecule has 1 aliphatic rings. The summed E-state index contributed by atoms with van der Waals surface area (Å²) in [7, 11) is 0. The first kappa shape index (κ1) is 4.32. The first-order chi connectivity index (χ1) is 3.43. The zero-order chi connectivity index (χ0) is 5.11. The first-order valence-corrected chi connectivity index (χ1v) is 2.35. The molecule has 0 amide bonds. The maximum atomic E-state index is 8.20. The molecule has 0 saturated heterocycles. The molecular weight excluding hydrogens is 88.1 g/mol. The summed E-state index contributed by atoms with van der Waals surface area (Å²) in [6.07, 6.45) is 3.72. The lowest BCUT2D eigenvalue weighted by Gasteiger charge is -1.85. The number of rotatable bonds is 0. The zero-order valence-electron chi connectivity index (χ0n) is 3.96. The standard InChI is InChI=1S/C5H6N2/c6-4-5-2-1-3-7-5/h3,5H,1-2H2. The molecular formula is C5H6N2. The van der Waals surface area contributed by atoms with Crippen LogP contribution in [0.1, 0.15) is 12.8 Å². The Morgan fingerprint density at radius 2 is 2.71 bits per heavy atom. The van der Waals surface area contributed by atoms with E-state index in [9.17, 15) is 0 Å². The van der Waals surface area contributed by atoms with Gasteiger partial charge in [0.2, 0.25) is 0 Å². The molecule has 0 aromatic heterocycles. The van der Waals surface area contributed by atoms with E-state index >= 15 is 0 Å². The molecule has 2 heteroatoms. The van der Waals surface area contributed by atoms with Crippen molar-refractivity contribution < 1.29 is 0 Å². The van der Waals surface area contributed by atoms with Gasteiger partial charge in [-0.15, -0.1) is 0 Å². The van der Waals surface area contributed by atoms with Crippen LogP contribution >= 0.6 is 0 Å². The maximum Gasteiger partial charge on any atom is 0.136 e. The van der Waals surface area contributed by atoms with Crippen molar-refractivity contribution in [3.05, 3.63) is 0 Å². The average Bonchev–Trinajstić information content (AvgIpc) is 2.14. The average molecular weight is 94.1 g/mol. The van der Waals surface area contributed by atoms with Crippen LogP contribution in [0.3, 0.4) is 0 Å². The summed E-state index contributed by atoms with van der Waals surface area (Å²) in [6.45, 7) is 0. The molecule has 36 valence electrons. The molecule has 0 bridgehead atoms. The van der Waals surface area contributed by atoms with Crippen molar-refractivity contribution in [2.75, 3.05) is 0 Å². The summed E-state index contributed by atoms with van der Waals surface area (Å²) in [5.74, 6) is 0. The van der Waals surface area contributed by atoms with Gasteiger partial charge in [-0.05, 0) is 12.8 Å². The molecule has 0 N–H and O–H groups in total. The van der Waals surface area contributed by atoms with Crippen LogP contribution in [0.5, 0.6) is 0 Å². The van der Waals surface area contributed by atoms with Gasteiger partial charge in [0.15, 0.2) is 0 Å². The number of nitrogens with zero attached hydrogens (tertiary/aromatic N) is 2. The molecule has 1 unspecified atom stereocenters. The second kappa shape index (κ2) is 1.74. The van der Waals surface area contributed by atoms with Crippen LogP contribution < -0.4 is 0 Å². The predicted octanol–water partition coefficient (Wildman–Crippen LogP) is 0.743. The van der Waals surface area contributed by atoms with E-state index in [2.05, 4.69) is 11.1 Å². The highest BCUT2D eigenvalue weighted by molar-refractivity contribution is 5.60. The maximum absolute atomic E-state index is 8.20. The van der Waals surface area contributed by atoms with Gasteiger partial charge in [0, 0.05) is 6.21 Å². The fraction of sp³-hybridized carbons (Fsp3) is 0.600. The van der Waals surface area contributed by atoms with Gasteiger partial charge in [-0.1, -0.05) is 0 Å². The van der Waals surface area contributed by atoms with Gasteiger partial charge < -0.3 is 0 Å². The first-order valence-electron chi connectivity index (χ1n) is 2.35. The van der Waals surface area contributed by atoms with Crippen LogP contribution in [-0.2, 0) is 0 Å². The third kappa shape index (κ3) is 0.774. The number of hydrogen-bond donors (Lipinski definition) is 0. The summed E-state index contributed by atoms with van der Waals surface area (Å²) in [5, 5.41) is 8.20. The topological polar surface area (TPSA) is 36.1 Å². The van der Waals surface area contributed by atoms with E-state index < -0.39 is 0 Å². The molecule has 1 heterocycles. The smallest absolute Gasteiger partial charge is 0.136 e. The Kier molecular flexibility index (Phi) is 1.08. The molecule has 1 atom stereocenters. The van der Waals surface area contributed by atoms with E-state index in [1.54, 1.807) is 0 Å². The van der Waals surface area contributed by atoms with Crippen molar-refractivity contribution >= 4 is 6.21 Å². The lowest BCUT2D eigenvalue weighted by molar-refractivity contribution is 0.820. The zero-order valence-corrected chi connectivity index (χ0v) is 3.96. The number of nitriles is 1. The quantitative estimate of drug-likeness (QED) is 0.436. The molecule has 1 rings (SSSR count). The Bertz CT molecular complexity index is 121. The van der Waals surface area contributed by atoms with Crippen LogP contribution in [0.15, 0.2) is 4.99 Å². The minimum absolute atomic E-state index is 0.0278. The highest BCUT2D eigenvalue weighted by atomic mass is 14.8. The molecule has 7 heavy (non-hydrogen) atoms. The van der Waals surface area contributed by atoms with Crippen LogP contribution in [0.4, 0.5) is 0 Å². The summed E-state index contributed by atoms with van der Waals surface area (Å²) in [6, 6.07) is 2.04. The number of hydrogen-bond acceptors (Lipinski definition) is 2. The Morgan fingerprint density at radius 1 is 1.86 bits per heavy atom. The molecule has 0 spiro atoms. The van der Waals surface area contributed by atoms with E-state index in [0.29, 0.717) is 0 Å². The fourth-order valence-corrected chi connectivity index (χ4v) is 0.607. The van der Waals surface area contributed by atoms with Gasteiger partial charge in [-0.25, -0.2) is 0 Å². The van der Waals surface area contributed by atoms with Gasteiger partial charge in [-0.2, -0.15) is 5.26 Å². The monoisotopic (exact) mass is 94.1 g/mol. The predicted molar refractivity (Wildman–Crippen MR) is 27.1 cm³/mol. The summed E-state index contributed by atoms with van der Waals surface area (Å²) >= 11 is 0. The van der Waals surface area contributed by atoms with E-state index in [0.717, 1.165) is 12.8 Å². The van der Waals surface area contributed by atoms with Crippen molar-refractivity contribution in [3.63, 3.8) is 0 Å². The highest BCUT2D eigenvalue weighted by Gasteiger charge is 2.06. The van der Waals surface area contributed by atoms with Crippen LogP contribution in [0, 0.1) is 11.3 Å². The minimum Gasteiger partial charge on any atom is -0.279 e. The molecule has 0 fully saturated rings. The second-order valence-corrected chi connectivity index (χ2v) is 1.55. The van der Waals surface area contributed by atoms with Crippen molar-refractivity contribution in [1.82, 2.24) is 0 Å². The third-order valence-corrected chi connectivity index (χ3v) is 1.00. The third-order valence-electron chi connectivity index (χ3n) is 1.00. The number of aliphatic imine (C=N–C) groups is 1. The van der Waals surface area contributed by atoms with Gasteiger partial charge in [0.1, 0.15) is 6.04 Å². The van der Waals surface area contributed by atoms with Gasteiger partial charge in [-0.3, -0.25) is 4.99 Å². The normalized spacial score (nSPS) is 27.6. The Balaban J connectivity index is 2.47. The van der Waals surface area contributed by atoms with Crippen molar-refractivity contribution in [1.29, 1.82) is 5.26 Å². The molecule has 0 aliphatic carbocycles. The second-order valence-electron chi connectivity index (χ2n) is 1.55. The largest absolute Gasteiger partial charge is 0.279 e. The van der Waals surface area contributed by atoms with E-state index in [1.807, 2.05) is 6.21 Å². The van der Waals surface area contributed by atoms with Gasteiger partial charge in [0.05, 0.1) is 6.07 Å². The van der Waals surface area contributed by atoms with E-state index in [4.69, 9.17) is 5.26 Å². The minimum atomic E-state index is -0.0278. The molecule has 2 nitrogen and oxygen atoms in total. The summed E-state index contributed by atoms with van der Waals surface area (Å²) in [5.41, 5.74) is 0. The van der Waals surface area contributed by atoms with E-state index in [-0.39, 0.29) is 6.04 Å². The van der Waals surface area contributed by atoms with Crippen molar-refractivity contribution in [2.45, 2.75) is 18.9 Å².